The average Bonchev–Trinajstić information content (AvgIpc) is 2.62. The zero-order valence-corrected chi connectivity index (χ0v) is 9.54. The molecule has 0 aromatic carbocycles. The van der Waals surface area contributed by atoms with Crippen molar-refractivity contribution in [1.82, 2.24) is 20.8 Å². The van der Waals surface area contributed by atoms with Crippen molar-refractivity contribution in [1.29, 1.82) is 0 Å². The van der Waals surface area contributed by atoms with E-state index in [9.17, 15) is 9.59 Å². The van der Waals surface area contributed by atoms with Crippen LogP contribution in [0.2, 0.25) is 0 Å². The van der Waals surface area contributed by atoms with Crippen molar-refractivity contribution < 1.29 is 9.59 Å². The van der Waals surface area contributed by atoms with Gasteiger partial charge in [-0.1, -0.05) is 0 Å². The average molecular weight is 237 g/mol. The van der Waals surface area contributed by atoms with Gasteiger partial charge in [0.05, 0.1) is 0 Å². The number of nitrogen functional groups attached to an aromatic ring is 1. The van der Waals surface area contributed by atoms with E-state index in [2.05, 4.69) is 20.8 Å². The number of carbonyl (C=O) groups excluding carboxylic acids is 2. The molecule has 0 aliphatic carbocycles. The third kappa shape index (κ3) is 2.22. The lowest BCUT2D eigenvalue weighted by Gasteiger charge is -2.22. The maximum atomic E-state index is 11.9. The quantitative estimate of drug-likeness (QED) is 0.545. The van der Waals surface area contributed by atoms with E-state index in [1.807, 2.05) is 0 Å². The van der Waals surface area contributed by atoms with Crippen molar-refractivity contribution in [2.75, 3.05) is 12.3 Å². The van der Waals surface area contributed by atoms with Crippen molar-refractivity contribution in [3.63, 3.8) is 0 Å². The number of nitrogens with one attached hydrogen (secondary N) is 3. The molecule has 1 fully saturated rings. The van der Waals surface area contributed by atoms with E-state index >= 15 is 0 Å². The lowest BCUT2D eigenvalue weighted by molar-refractivity contribution is -0.124. The van der Waals surface area contributed by atoms with Crippen LogP contribution in [0.4, 0.5) is 5.82 Å². The van der Waals surface area contributed by atoms with Gasteiger partial charge in [-0.25, -0.2) is 0 Å². The van der Waals surface area contributed by atoms with E-state index in [-0.39, 0.29) is 17.6 Å². The van der Waals surface area contributed by atoms with Gasteiger partial charge in [-0.05, 0) is 19.8 Å². The van der Waals surface area contributed by atoms with Crippen molar-refractivity contribution in [3.8, 4) is 0 Å². The third-order valence-corrected chi connectivity index (χ3v) is 2.79. The SMILES string of the molecule is Cc1[nH]nc(N)c1C(=O)NC1CCCNC1=O. The molecule has 1 atom stereocenters. The van der Waals surface area contributed by atoms with Gasteiger partial charge in [-0.3, -0.25) is 14.7 Å². The molecule has 1 aliphatic rings. The number of anilines is 1. The molecule has 1 saturated heterocycles. The molecule has 7 heteroatoms. The first-order valence-electron chi connectivity index (χ1n) is 5.48. The van der Waals surface area contributed by atoms with Crippen LogP contribution in [0.5, 0.6) is 0 Å². The highest BCUT2D eigenvalue weighted by molar-refractivity contribution is 6.01. The summed E-state index contributed by atoms with van der Waals surface area (Å²) < 4.78 is 0. The van der Waals surface area contributed by atoms with Crippen molar-refractivity contribution in [3.05, 3.63) is 11.3 Å². The van der Waals surface area contributed by atoms with Crippen LogP contribution >= 0.6 is 0 Å². The van der Waals surface area contributed by atoms with Crippen LogP contribution in [0.25, 0.3) is 0 Å². The van der Waals surface area contributed by atoms with Crippen LogP contribution in [0.1, 0.15) is 28.9 Å². The molecule has 92 valence electrons. The molecule has 0 spiro atoms. The summed E-state index contributed by atoms with van der Waals surface area (Å²) in [6, 6.07) is -0.482. The van der Waals surface area contributed by atoms with Crippen LogP contribution in [-0.4, -0.2) is 34.6 Å². The highest BCUT2D eigenvalue weighted by Gasteiger charge is 2.26. The maximum Gasteiger partial charge on any atom is 0.257 e. The first-order chi connectivity index (χ1) is 8.09. The second-order valence-electron chi connectivity index (χ2n) is 4.07. The fourth-order valence-electron chi connectivity index (χ4n) is 1.87. The van der Waals surface area contributed by atoms with E-state index < -0.39 is 6.04 Å². The number of rotatable bonds is 2. The van der Waals surface area contributed by atoms with Gasteiger partial charge in [-0.2, -0.15) is 5.10 Å². The van der Waals surface area contributed by atoms with Crippen LogP contribution in [0, 0.1) is 6.92 Å². The fourth-order valence-corrected chi connectivity index (χ4v) is 1.87. The number of aromatic amines is 1. The summed E-state index contributed by atoms with van der Waals surface area (Å²) in [7, 11) is 0. The number of nitrogens with zero attached hydrogens (tertiary/aromatic N) is 1. The lowest BCUT2D eigenvalue weighted by Crippen LogP contribution is -2.50. The topological polar surface area (TPSA) is 113 Å². The predicted octanol–water partition coefficient (Wildman–Crippen LogP) is -0.691. The molecule has 7 nitrogen and oxygen atoms in total. The van der Waals surface area contributed by atoms with Gasteiger partial charge >= 0.3 is 0 Å². The number of hydrogen-bond acceptors (Lipinski definition) is 4. The molecule has 1 aliphatic heterocycles. The number of aromatic nitrogens is 2. The Morgan fingerprint density at radius 1 is 1.59 bits per heavy atom. The Labute approximate surface area is 98.1 Å². The van der Waals surface area contributed by atoms with Gasteiger partial charge in [0.1, 0.15) is 11.6 Å². The smallest absolute Gasteiger partial charge is 0.257 e. The number of nitrogens with two attached hydrogens (primary N) is 1. The van der Waals surface area contributed by atoms with Crippen LogP contribution in [0.3, 0.4) is 0 Å². The molecule has 1 aromatic rings. The number of aryl methyl sites for hydroxylation is 1. The molecule has 2 rings (SSSR count). The summed E-state index contributed by atoms with van der Waals surface area (Å²) >= 11 is 0. The van der Waals surface area contributed by atoms with E-state index in [0.717, 1.165) is 6.42 Å². The Hall–Kier alpha value is -2.05. The summed E-state index contributed by atoms with van der Waals surface area (Å²) in [5.74, 6) is -0.365. The molecule has 0 radical (unpaired) electrons. The van der Waals surface area contributed by atoms with Gasteiger partial charge in [0, 0.05) is 12.2 Å². The molecule has 0 saturated carbocycles. The lowest BCUT2D eigenvalue weighted by atomic mass is 10.1. The Bertz CT molecular complexity index is 434. The Morgan fingerprint density at radius 3 is 2.94 bits per heavy atom. The second kappa shape index (κ2) is 4.44. The monoisotopic (exact) mass is 237 g/mol. The Balaban J connectivity index is 2.09. The van der Waals surface area contributed by atoms with E-state index in [4.69, 9.17) is 5.73 Å². The summed E-state index contributed by atoms with van der Waals surface area (Å²) in [4.78, 5) is 23.4. The second-order valence-corrected chi connectivity index (χ2v) is 4.07. The zero-order chi connectivity index (χ0) is 12.4. The molecular formula is C10H15N5O2. The number of carbonyl (C=O) groups is 2. The van der Waals surface area contributed by atoms with Crippen molar-refractivity contribution in [2.24, 2.45) is 0 Å². The summed E-state index contributed by atoms with van der Waals surface area (Å²) in [6.07, 6.45) is 1.50. The Kier molecular flexibility index (Phi) is 2.99. The van der Waals surface area contributed by atoms with Crippen LogP contribution in [-0.2, 0) is 4.79 Å². The standard InChI is InChI=1S/C10H15N5O2/c1-5-7(8(11)15-14-5)10(17)13-6-3-2-4-12-9(6)16/h6H,2-4H2,1H3,(H,12,16)(H,13,17)(H3,11,14,15). The maximum absolute atomic E-state index is 11.9. The minimum absolute atomic E-state index is 0.149. The third-order valence-electron chi connectivity index (χ3n) is 2.79. The molecule has 1 unspecified atom stereocenters. The van der Waals surface area contributed by atoms with Gasteiger partial charge in [0.15, 0.2) is 5.82 Å². The van der Waals surface area contributed by atoms with Gasteiger partial charge in [-0.15, -0.1) is 0 Å². The van der Waals surface area contributed by atoms with Gasteiger partial charge in [0.25, 0.3) is 5.91 Å². The van der Waals surface area contributed by atoms with Gasteiger partial charge < -0.3 is 16.4 Å². The van der Waals surface area contributed by atoms with Crippen molar-refractivity contribution >= 4 is 17.6 Å². The highest BCUT2D eigenvalue weighted by Crippen LogP contribution is 2.13. The Morgan fingerprint density at radius 2 is 2.35 bits per heavy atom. The molecule has 5 N–H and O–H groups in total. The molecule has 0 bridgehead atoms. The van der Waals surface area contributed by atoms with Gasteiger partial charge in [0.2, 0.25) is 5.91 Å². The largest absolute Gasteiger partial charge is 0.382 e. The molecular weight excluding hydrogens is 222 g/mol. The summed E-state index contributed by atoms with van der Waals surface area (Å²) in [6.45, 7) is 2.37. The number of amides is 2. The van der Waals surface area contributed by atoms with E-state index in [1.165, 1.54) is 0 Å². The van der Waals surface area contributed by atoms with E-state index in [1.54, 1.807) is 6.92 Å². The first-order valence-corrected chi connectivity index (χ1v) is 5.48. The minimum Gasteiger partial charge on any atom is -0.382 e. The van der Waals surface area contributed by atoms with Crippen molar-refractivity contribution in [2.45, 2.75) is 25.8 Å². The number of H-pyrrole nitrogens is 1. The summed E-state index contributed by atoms with van der Waals surface area (Å²) in [5, 5.41) is 11.7. The number of hydrogen-bond donors (Lipinski definition) is 4. The summed E-state index contributed by atoms with van der Waals surface area (Å²) in [5.41, 5.74) is 6.48. The predicted molar refractivity (Wildman–Crippen MR) is 61.2 cm³/mol. The number of piperidine rings is 1. The van der Waals surface area contributed by atoms with Crippen LogP contribution in [0.15, 0.2) is 0 Å². The van der Waals surface area contributed by atoms with E-state index in [0.29, 0.717) is 24.2 Å². The molecule has 2 heterocycles. The molecule has 2 amide bonds. The molecule has 17 heavy (non-hydrogen) atoms. The minimum atomic E-state index is -0.482. The molecule has 1 aromatic heterocycles. The zero-order valence-electron chi connectivity index (χ0n) is 9.54. The van der Waals surface area contributed by atoms with Crippen LogP contribution < -0.4 is 16.4 Å². The normalized spacial score (nSPS) is 19.8. The highest BCUT2D eigenvalue weighted by atomic mass is 16.2. The fraction of sp³-hybridized carbons (Fsp3) is 0.500. The first kappa shape index (κ1) is 11.4.